The highest BCUT2D eigenvalue weighted by molar-refractivity contribution is 5.93. The molecular formula is C15H16N2O. The highest BCUT2D eigenvalue weighted by Gasteiger charge is 2.24. The van der Waals surface area contributed by atoms with Gasteiger partial charge in [0.2, 0.25) is 0 Å². The Morgan fingerprint density at radius 3 is 3.00 bits per heavy atom. The fraction of sp³-hybridized carbons (Fsp3) is 0.333. The van der Waals surface area contributed by atoms with E-state index < -0.39 is 0 Å². The van der Waals surface area contributed by atoms with Gasteiger partial charge < -0.3 is 4.90 Å². The number of aromatic nitrogens is 1. The monoisotopic (exact) mass is 240 g/mol. The number of piperidine rings is 1. The molecule has 3 rings (SSSR count). The molecule has 1 unspecified atom stereocenters. The van der Waals surface area contributed by atoms with Crippen LogP contribution in [0.5, 0.6) is 0 Å². The smallest absolute Gasteiger partial charge is 0.139 e. The Morgan fingerprint density at radius 2 is 2.17 bits per heavy atom. The molecule has 1 aliphatic heterocycles. The van der Waals surface area contributed by atoms with Gasteiger partial charge in [-0.3, -0.25) is 9.78 Å². The normalized spacial score (nSPS) is 20.4. The molecule has 0 spiro atoms. The van der Waals surface area contributed by atoms with Crippen LogP contribution < -0.4 is 4.90 Å². The summed E-state index contributed by atoms with van der Waals surface area (Å²) in [5.74, 6) is 0.510. The zero-order chi connectivity index (χ0) is 12.5. The molecule has 3 heteroatoms. The van der Waals surface area contributed by atoms with E-state index in [9.17, 15) is 4.79 Å². The molecule has 1 aromatic heterocycles. The van der Waals surface area contributed by atoms with Gasteiger partial charge in [-0.25, -0.2) is 0 Å². The largest absolute Gasteiger partial charge is 0.370 e. The predicted molar refractivity (Wildman–Crippen MR) is 72.7 cm³/mol. The number of hydrogen-bond donors (Lipinski definition) is 0. The van der Waals surface area contributed by atoms with Crippen LogP contribution in [0.15, 0.2) is 36.5 Å². The molecule has 0 bridgehead atoms. The van der Waals surface area contributed by atoms with Crippen molar-refractivity contribution in [2.45, 2.75) is 13.3 Å². The minimum absolute atomic E-state index is 0.130. The SMILES string of the molecule is CC1CN(c2cccc3ncccc23)CCC1=O. The van der Waals surface area contributed by atoms with Crippen molar-refractivity contribution in [2.24, 2.45) is 5.92 Å². The van der Waals surface area contributed by atoms with Crippen molar-refractivity contribution < 1.29 is 4.79 Å². The van der Waals surface area contributed by atoms with Gasteiger partial charge in [0, 0.05) is 42.7 Å². The number of ketones is 1. The first-order chi connectivity index (χ1) is 8.75. The van der Waals surface area contributed by atoms with Gasteiger partial charge in [0.15, 0.2) is 0 Å². The van der Waals surface area contributed by atoms with Crippen LogP contribution in [0.25, 0.3) is 10.9 Å². The van der Waals surface area contributed by atoms with Crippen molar-refractivity contribution in [2.75, 3.05) is 18.0 Å². The molecule has 3 nitrogen and oxygen atoms in total. The summed E-state index contributed by atoms with van der Waals surface area (Å²) in [6.07, 6.45) is 2.46. The summed E-state index contributed by atoms with van der Waals surface area (Å²) in [5, 5.41) is 1.17. The van der Waals surface area contributed by atoms with Crippen molar-refractivity contribution in [1.82, 2.24) is 4.98 Å². The Bertz CT molecular complexity index is 589. The molecule has 2 aromatic rings. The average molecular weight is 240 g/mol. The zero-order valence-electron chi connectivity index (χ0n) is 10.5. The third-order valence-corrected chi connectivity index (χ3v) is 3.64. The summed E-state index contributed by atoms with van der Waals surface area (Å²) in [6, 6.07) is 10.2. The molecule has 1 saturated heterocycles. The maximum atomic E-state index is 11.6. The number of anilines is 1. The molecule has 18 heavy (non-hydrogen) atoms. The Hall–Kier alpha value is -1.90. The van der Waals surface area contributed by atoms with Gasteiger partial charge in [0.25, 0.3) is 0 Å². The molecule has 92 valence electrons. The molecule has 2 heterocycles. The molecule has 0 radical (unpaired) electrons. The van der Waals surface area contributed by atoms with Gasteiger partial charge in [-0.2, -0.15) is 0 Å². The standard InChI is InChI=1S/C15H16N2O/c1-11-10-17(9-7-15(11)18)14-6-2-5-13-12(14)4-3-8-16-13/h2-6,8,11H,7,9-10H2,1H3. The Balaban J connectivity index is 2.02. The summed E-state index contributed by atoms with van der Waals surface area (Å²) in [4.78, 5) is 18.3. The fourth-order valence-corrected chi connectivity index (χ4v) is 2.60. The van der Waals surface area contributed by atoms with E-state index in [0.717, 1.165) is 18.6 Å². The molecule has 0 N–H and O–H groups in total. The third-order valence-electron chi connectivity index (χ3n) is 3.64. The lowest BCUT2D eigenvalue weighted by molar-refractivity contribution is -0.122. The summed E-state index contributed by atoms with van der Waals surface area (Å²) >= 11 is 0. The molecule has 0 saturated carbocycles. The second-order valence-electron chi connectivity index (χ2n) is 4.91. The second kappa shape index (κ2) is 4.41. The quantitative estimate of drug-likeness (QED) is 0.768. The van der Waals surface area contributed by atoms with E-state index in [2.05, 4.69) is 22.0 Å². The van der Waals surface area contributed by atoms with Crippen LogP contribution >= 0.6 is 0 Å². The van der Waals surface area contributed by atoms with E-state index in [-0.39, 0.29) is 5.92 Å². The molecule has 0 amide bonds. The lowest BCUT2D eigenvalue weighted by atomic mass is 9.97. The number of rotatable bonds is 1. The van der Waals surface area contributed by atoms with Crippen LogP contribution in [0.2, 0.25) is 0 Å². The highest BCUT2D eigenvalue weighted by atomic mass is 16.1. The van der Waals surface area contributed by atoms with Gasteiger partial charge >= 0.3 is 0 Å². The molecule has 1 aliphatic rings. The number of benzene rings is 1. The maximum absolute atomic E-state index is 11.6. The highest BCUT2D eigenvalue weighted by Crippen LogP contribution is 2.28. The molecule has 1 atom stereocenters. The van der Waals surface area contributed by atoms with E-state index in [0.29, 0.717) is 12.2 Å². The zero-order valence-corrected chi connectivity index (χ0v) is 10.5. The van der Waals surface area contributed by atoms with E-state index >= 15 is 0 Å². The van der Waals surface area contributed by atoms with Crippen molar-refractivity contribution in [3.05, 3.63) is 36.5 Å². The average Bonchev–Trinajstić information content (AvgIpc) is 2.41. The molecular weight excluding hydrogens is 224 g/mol. The predicted octanol–water partition coefficient (Wildman–Crippen LogP) is 2.65. The number of pyridine rings is 1. The van der Waals surface area contributed by atoms with Gasteiger partial charge in [0.05, 0.1) is 5.52 Å². The van der Waals surface area contributed by atoms with Crippen molar-refractivity contribution >= 4 is 22.4 Å². The maximum Gasteiger partial charge on any atom is 0.139 e. The minimum atomic E-state index is 0.130. The van der Waals surface area contributed by atoms with E-state index in [1.165, 1.54) is 11.1 Å². The van der Waals surface area contributed by atoms with Crippen LogP contribution in [-0.2, 0) is 4.79 Å². The number of fused-ring (bicyclic) bond motifs is 1. The fourth-order valence-electron chi connectivity index (χ4n) is 2.60. The minimum Gasteiger partial charge on any atom is -0.370 e. The topological polar surface area (TPSA) is 33.2 Å². The second-order valence-corrected chi connectivity index (χ2v) is 4.91. The van der Waals surface area contributed by atoms with Crippen LogP contribution in [0.3, 0.4) is 0 Å². The third kappa shape index (κ3) is 1.86. The van der Waals surface area contributed by atoms with E-state index in [1.807, 2.05) is 31.3 Å². The van der Waals surface area contributed by atoms with Gasteiger partial charge in [-0.05, 0) is 24.3 Å². The van der Waals surface area contributed by atoms with Crippen molar-refractivity contribution in [1.29, 1.82) is 0 Å². The number of carbonyl (C=O) groups excluding carboxylic acids is 1. The molecule has 0 aliphatic carbocycles. The number of hydrogen-bond acceptors (Lipinski definition) is 3. The van der Waals surface area contributed by atoms with E-state index in [1.54, 1.807) is 0 Å². The van der Waals surface area contributed by atoms with E-state index in [4.69, 9.17) is 0 Å². The summed E-state index contributed by atoms with van der Waals surface area (Å²) in [5.41, 5.74) is 2.21. The van der Waals surface area contributed by atoms with Gasteiger partial charge in [-0.15, -0.1) is 0 Å². The number of nitrogens with zero attached hydrogens (tertiary/aromatic N) is 2. The Labute approximate surface area is 106 Å². The van der Waals surface area contributed by atoms with Crippen LogP contribution in [0.1, 0.15) is 13.3 Å². The van der Waals surface area contributed by atoms with Crippen molar-refractivity contribution in [3.8, 4) is 0 Å². The number of Topliss-reactive ketones (excluding diaryl/α,β-unsaturated/α-hetero) is 1. The number of carbonyl (C=O) groups is 1. The summed E-state index contributed by atoms with van der Waals surface area (Å²) < 4.78 is 0. The molecule has 1 fully saturated rings. The first-order valence-corrected chi connectivity index (χ1v) is 6.37. The first kappa shape index (κ1) is 11.2. The van der Waals surface area contributed by atoms with Crippen LogP contribution in [0.4, 0.5) is 5.69 Å². The summed E-state index contributed by atoms with van der Waals surface area (Å²) in [7, 11) is 0. The lowest BCUT2D eigenvalue weighted by Gasteiger charge is -2.32. The van der Waals surface area contributed by atoms with Gasteiger partial charge in [0.1, 0.15) is 5.78 Å². The van der Waals surface area contributed by atoms with Crippen molar-refractivity contribution in [3.63, 3.8) is 0 Å². The Kier molecular flexibility index (Phi) is 2.74. The Morgan fingerprint density at radius 1 is 1.28 bits per heavy atom. The van der Waals surface area contributed by atoms with Crippen LogP contribution in [0, 0.1) is 5.92 Å². The first-order valence-electron chi connectivity index (χ1n) is 6.37. The lowest BCUT2D eigenvalue weighted by Crippen LogP contribution is -2.39. The summed E-state index contributed by atoms with van der Waals surface area (Å²) in [6.45, 7) is 3.64. The molecule has 1 aromatic carbocycles. The van der Waals surface area contributed by atoms with Gasteiger partial charge in [-0.1, -0.05) is 13.0 Å². The van der Waals surface area contributed by atoms with Crippen LogP contribution in [-0.4, -0.2) is 23.9 Å².